The van der Waals surface area contributed by atoms with Crippen molar-refractivity contribution in [2.45, 2.75) is 38.8 Å². The highest BCUT2D eigenvalue weighted by atomic mass is 16.5. The molecule has 2 atom stereocenters. The van der Waals surface area contributed by atoms with Gasteiger partial charge in [0.1, 0.15) is 6.10 Å². The van der Waals surface area contributed by atoms with Gasteiger partial charge in [-0.25, -0.2) is 4.68 Å². The third-order valence-corrected chi connectivity index (χ3v) is 3.77. The first-order valence-corrected chi connectivity index (χ1v) is 7.26. The van der Waals surface area contributed by atoms with Gasteiger partial charge < -0.3 is 10.1 Å². The van der Waals surface area contributed by atoms with Gasteiger partial charge in [0, 0.05) is 12.1 Å². The Morgan fingerprint density at radius 3 is 2.85 bits per heavy atom. The highest BCUT2D eigenvalue weighted by molar-refractivity contribution is 5.35. The van der Waals surface area contributed by atoms with Crippen molar-refractivity contribution in [2.24, 2.45) is 0 Å². The Morgan fingerprint density at radius 2 is 2.15 bits per heavy atom. The largest absolute Gasteiger partial charge is 0.473 e. The summed E-state index contributed by atoms with van der Waals surface area (Å²) < 4.78 is 8.02. The molecule has 1 N–H and O–H groups in total. The molecule has 4 heteroatoms. The lowest BCUT2D eigenvalue weighted by Gasteiger charge is -2.21. The predicted octanol–water partition coefficient (Wildman–Crippen LogP) is 2.70. The van der Waals surface area contributed by atoms with Gasteiger partial charge in [-0.1, -0.05) is 18.2 Å². The molecule has 2 aromatic rings. The van der Waals surface area contributed by atoms with Crippen LogP contribution in [-0.4, -0.2) is 28.5 Å². The minimum atomic E-state index is 0.149. The van der Waals surface area contributed by atoms with Crippen molar-refractivity contribution in [1.82, 2.24) is 15.1 Å². The van der Waals surface area contributed by atoms with E-state index in [-0.39, 0.29) is 6.10 Å². The summed E-state index contributed by atoms with van der Waals surface area (Å²) in [7, 11) is 0. The highest BCUT2D eigenvalue weighted by Gasteiger charge is 2.23. The Morgan fingerprint density at radius 1 is 1.35 bits per heavy atom. The van der Waals surface area contributed by atoms with Gasteiger partial charge in [0.25, 0.3) is 0 Å². The van der Waals surface area contributed by atoms with Gasteiger partial charge >= 0.3 is 0 Å². The van der Waals surface area contributed by atoms with Gasteiger partial charge in [-0.3, -0.25) is 0 Å². The van der Waals surface area contributed by atoms with Crippen molar-refractivity contribution in [3.63, 3.8) is 0 Å². The van der Waals surface area contributed by atoms with Crippen molar-refractivity contribution < 1.29 is 4.74 Å². The number of hydrogen-bond acceptors (Lipinski definition) is 3. The molecular formula is C16H21N3O. The SMILES string of the molecule is Cc1cc(OC(C)C2CCCN2)n(-c2ccccc2)n1. The van der Waals surface area contributed by atoms with Crippen LogP contribution < -0.4 is 10.1 Å². The molecule has 4 nitrogen and oxygen atoms in total. The van der Waals surface area contributed by atoms with E-state index >= 15 is 0 Å². The van der Waals surface area contributed by atoms with Crippen LogP contribution >= 0.6 is 0 Å². The van der Waals surface area contributed by atoms with Crippen molar-refractivity contribution in [3.05, 3.63) is 42.1 Å². The van der Waals surface area contributed by atoms with E-state index < -0.39 is 0 Å². The van der Waals surface area contributed by atoms with E-state index in [0.29, 0.717) is 6.04 Å². The quantitative estimate of drug-likeness (QED) is 0.929. The molecule has 106 valence electrons. The van der Waals surface area contributed by atoms with Crippen molar-refractivity contribution in [2.75, 3.05) is 6.54 Å². The zero-order valence-electron chi connectivity index (χ0n) is 12.0. The fourth-order valence-corrected chi connectivity index (χ4v) is 2.70. The zero-order valence-corrected chi connectivity index (χ0v) is 12.0. The van der Waals surface area contributed by atoms with E-state index in [1.54, 1.807) is 0 Å². The summed E-state index contributed by atoms with van der Waals surface area (Å²) in [4.78, 5) is 0. The van der Waals surface area contributed by atoms with Crippen LogP contribution in [0.2, 0.25) is 0 Å². The molecule has 1 aliphatic heterocycles. The van der Waals surface area contributed by atoms with Gasteiger partial charge in [0.05, 0.1) is 11.4 Å². The molecule has 0 radical (unpaired) electrons. The smallest absolute Gasteiger partial charge is 0.217 e. The summed E-state index contributed by atoms with van der Waals surface area (Å²) in [6, 6.07) is 12.5. The van der Waals surface area contributed by atoms with E-state index in [9.17, 15) is 0 Å². The minimum absolute atomic E-state index is 0.149. The molecule has 2 unspecified atom stereocenters. The first kappa shape index (κ1) is 13.2. The fourth-order valence-electron chi connectivity index (χ4n) is 2.70. The summed E-state index contributed by atoms with van der Waals surface area (Å²) in [6.45, 7) is 5.21. The van der Waals surface area contributed by atoms with Crippen LogP contribution in [0, 0.1) is 6.92 Å². The molecule has 0 saturated carbocycles. The standard InChI is InChI=1S/C16H21N3O/c1-12-11-16(20-13(2)15-9-6-10-17-15)19(18-12)14-7-4-3-5-8-14/h3-5,7-8,11,13,15,17H,6,9-10H2,1-2H3. The number of rotatable bonds is 4. The average Bonchev–Trinajstić information content (AvgIpc) is 3.09. The van der Waals surface area contributed by atoms with Gasteiger partial charge in [0.15, 0.2) is 0 Å². The van der Waals surface area contributed by atoms with Crippen LogP contribution in [0.4, 0.5) is 0 Å². The molecule has 20 heavy (non-hydrogen) atoms. The third kappa shape index (κ3) is 2.70. The van der Waals surface area contributed by atoms with E-state index in [0.717, 1.165) is 23.8 Å². The fraction of sp³-hybridized carbons (Fsp3) is 0.438. The molecular weight excluding hydrogens is 250 g/mol. The number of benzene rings is 1. The molecule has 1 aromatic carbocycles. The summed E-state index contributed by atoms with van der Waals surface area (Å²) in [5, 5.41) is 8.02. The summed E-state index contributed by atoms with van der Waals surface area (Å²) in [5.74, 6) is 0.815. The number of hydrogen-bond donors (Lipinski definition) is 1. The lowest BCUT2D eigenvalue weighted by molar-refractivity contribution is 0.168. The van der Waals surface area contributed by atoms with Crippen LogP contribution in [0.5, 0.6) is 5.88 Å². The van der Waals surface area contributed by atoms with Crippen molar-refractivity contribution in [1.29, 1.82) is 0 Å². The molecule has 0 spiro atoms. The highest BCUT2D eigenvalue weighted by Crippen LogP contribution is 2.22. The summed E-state index contributed by atoms with van der Waals surface area (Å²) >= 11 is 0. The van der Waals surface area contributed by atoms with E-state index in [2.05, 4.69) is 17.3 Å². The first-order valence-electron chi connectivity index (χ1n) is 7.26. The lowest BCUT2D eigenvalue weighted by Crippen LogP contribution is -2.36. The number of aromatic nitrogens is 2. The normalized spacial score (nSPS) is 20.0. The Hall–Kier alpha value is -1.81. The van der Waals surface area contributed by atoms with Crippen LogP contribution in [-0.2, 0) is 0 Å². The van der Waals surface area contributed by atoms with Gasteiger partial charge in [-0.2, -0.15) is 5.10 Å². The van der Waals surface area contributed by atoms with Crippen LogP contribution in [0.3, 0.4) is 0 Å². The molecule has 1 fully saturated rings. The Balaban J connectivity index is 1.82. The maximum atomic E-state index is 6.14. The zero-order chi connectivity index (χ0) is 13.9. The van der Waals surface area contributed by atoms with E-state index in [1.165, 1.54) is 12.8 Å². The second-order valence-electron chi connectivity index (χ2n) is 5.40. The molecule has 0 aliphatic carbocycles. The number of aryl methyl sites for hydroxylation is 1. The van der Waals surface area contributed by atoms with Gasteiger partial charge in [-0.15, -0.1) is 0 Å². The third-order valence-electron chi connectivity index (χ3n) is 3.77. The maximum Gasteiger partial charge on any atom is 0.217 e. The molecule has 2 heterocycles. The Bertz CT molecular complexity index is 558. The molecule has 1 saturated heterocycles. The maximum absolute atomic E-state index is 6.14. The number of ether oxygens (including phenoxy) is 1. The van der Waals surface area contributed by atoms with E-state index in [1.807, 2.05) is 48.0 Å². The Labute approximate surface area is 119 Å². The first-order chi connectivity index (χ1) is 9.74. The second kappa shape index (κ2) is 5.67. The van der Waals surface area contributed by atoms with Crippen LogP contribution in [0.25, 0.3) is 5.69 Å². The van der Waals surface area contributed by atoms with E-state index in [4.69, 9.17) is 4.74 Å². The predicted molar refractivity (Wildman–Crippen MR) is 79.4 cm³/mol. The monoisotopic (exact) mass is 271 g/mol. The van der Waals surface area contributed by atoms with Crippen LogP contribution in [0.15, 0.2) is 36.4 Å². The van der Waals surface area contributed by atoms with Crippen molar-refractivity contribution in [3.8, 4) is 11.6 Å². The summed E-state index contributed by atoms with van der Waals surface area (Å²) in [6.07, 6.45) is 2.56. The molecule has 1 aromatic heterocycles. The number of nitrogens with zero attached hydrogens (tertiary/aromatic N) is 2. The molecule has 3 rings (SSSR count). The molecule has 0 bridgehead atoms. The number of para-hydroxylation sites is 1. The Kier molecular flexibility index (Phi) is 3.74. The average molecular weight is 271 g/mol. The van der Waals surface area contributed by atoms with Crippen LogP contribution in [0.1, 0.15) is 25.5 Å². The van der Waals surface area contributed by atoms with Gasteiger partial charge in [0.2, 0.25) is 5.88 Å². The number of nitrogens with one attached hydrogen (secondary N) is 1. The summed E-state index contributed by atoms with van der Waals surface area (Å²) in [5.41, 5.74) is 2.00. The topological polar surface area (TPSA) is 39.1 Å². The second-order valence-corrected chi connectivity index (χ2v) is 5.40. The molecule has 0 amide bonds. The van der Waals surface area contributed by atoms with Crippen molar-refractivity contribution >= 4 is 0 Å². The van der Waals surface area contributed by atoms with Gasteiger partial charge in [-0.05, 0) is 45.4 Å². The molecule has 1 aliphatic rings. The lowest BCUT2D eigenvalue weighted by atomic mass is 10.1. The minimum Gasteiger partial charge on any atom is -0.473 e.